The maximum Gasteiger partial charge on any atom is 0.321 e. The largest absolute Gasteiger partial charge is 0.378 e. The predicted molar refractivity (Wildman–Crippen MR) is 105 cm³/mol. The molecule has 0 radical (unpaired) electrons. The van der Waals surface area contributed by atoms with E-state index in [1.54, 1.807) is 41.1 Å². The zero-order valence-electron chi connectivity index (χ0n) is 15.8. The number of nitrogens with zero attached hydrogens (tertiary/aromatic N) is 2. The van der Waals surface area contributed by atoms with Gasteiger partial charge in [-0.2, -0.15) is 0 Å². The number of rotatable bonds is 4. The molecule has 1 fully saturated rings. The molecular formula is C21H25N3O3. The van der Waals surface area contributed by atoms with E-state index in [2.05, 4.69) is 5.32 Å². The van der Waals surface area contributed by atoms with Crippen molar-refractivity contribution < 1.29 is 14.3 Å². The number of anilines is 1. The Morgan fingerprint density at radius 3 is 2.59 bits per heavy atom. The minimum Gasteiger partial charge on any atom is -0.378 e. The van der Waals surface area contributed by atoms with Crippen LogP contribution in [0.1, 0.15) is 21.5 Å². The lowest BCUT2D eigenvalue weighted by Gasteiger charge is -2.27. The van der Waals surface area contributed by atoms with Gasteiger partial charge in [-0.05, 0) is 36.2 Å². The highest BCUT2D eigenvalue weighted by Gasteiger charge is 2.19. The molecule has 0 aromatic heterocycles. The van der Waals surface area contributed by atoms with Gasteiger partial charge in [0.05, 0.1) is 13.2 Å². The van der Waals surface area contributed by atoms with Gasteiger partial charge >= 0.3 is 6.03 Å². The standard InChI is InChI=1S/C21H25N3O3/c1-16-6-3-4-7-18(16)15-23(2)21(26)22-19-9-5-8-17(14-19)20(25)24-10-12-27-13-11-24/h3-9,14H,10-13,15H2,1-2H3,(H,22,26). The molecule has 1 saturated heterocycles. The van der Waals surface area contributed by atoms with Crippen molar-refractivity contribution in [3.63, 3.8) is 0 Å². The molecular weight excluding hydrogens is 342 g/mol. The molecule has 6 heteroatoms. The summed E-state index contributed by atoms with van der Waals surface area (Å²) < 4.78 is 5.29. The maximum atomic E-state index is 12.6. The van der Waals surface area contributed by atoms with Crippen LogP contribution in [0.15, 0.2) is 48.5 Å². The minimum atomic E-state index is -0.214. The number of benzene rings is 2. The van der Waals surface area contributed by atoms with Gasteiger partial charge in [0.25, 0.3) is 5.91 Å². The Labute approximate surface area is 159 Å². The van der Waals surface area contributed by atoms with Crippen LogP contribution >= 0.6 is 0 Å². The van der Waals surface area contributed by atoms with Crippen LogP contribution in [-0.2, 0) is 11.3 Å². The number of carbonyl (C=O) groups excluding carboxylic acids is 2. The molecule has 0 saturated carbocycles. The van der Waals surface area contributed by atoms with E-state index in [0.717, 1.165) is 11.1 Å². The lowest BCUT2D eigenvalue weighted by Crippen LogP contribution is -2.40. The lowest BCUT2D eigenvalue weighted by atomic mass is 10.1. The molecule has 142 valence electrons. The van der Waals surface area contributed by atoms with Gasteiger partial charge in [0.2, 0.25) is 0 Å². The van der Waals surface area contributed by atoms with Crippen molar-refractivity contribution in [2.45, 2.75) is 13.5 Å². The average molecular weight is 367 g/mol. The molecule has 3 amide bonds. The average Bonchev–Trinajstić information content (AvgIpc) is 2.70. The van der Waals surface area contributed by atoms with Gasteiger partial charge < -0.3 is 19.9 Å². The first-order valence-corrected chi connectivity index (χ1v) is 9.08. The van der Waals surface area contributed by atoms with Crippen LogP contribution in [0.5, 0.6) is 0 Å². The Morgan fingerprint density at radius 1 is 1.11 bits per heavy atom. The first kappa shape index (κ1) is 18.9. The lowest BCUT2D eigenvalue weighted by molar-refractivity contribution is 0.0303. The number of carbonyl (C=O) groups is 2. The van der Waals surface area contributed by atoms with Crippen LogP contribution < -0.4 is 5.32 Å². The molecule has 3 rings (SSSR count). The smallest absolute Gasteiger partial charge is 0.321 e. The number of hydrogen-bond acceptors (Lipinski definition) is 3. The number of amides is 3. The quantitative estimate of drug-likeness (QED) is 0.903. The zero-order chi connectivity index (χ0) is 19.2. The van der Waals surface area contributed by atoms with E-state index in [-0.39, 0.29) is 11.9 Å². The van der Waals surface area contributed by atoms with Gasteiger partial charge in [-0.3, -0.25) is 4.79 Å². The molecule has 1 aliphatic rings. The highest BCUT2D eigenvalue weighted by atomic mass is 16.5. The SMILES string of the molecule is Cc1ccccc1CN(C)C(=O)Nc1cccc(C(=O)N2CCOCC2)c1. The third-order valence-corrected chi connectivity index (χ3v) is 4.67. The summed E-state index contributed by atoms with van der Waals surface area (Å²) in [4.78, 5) is 28.5. The number of nitrogens with one attached hydrogen (secondary N) is 1. The maximum absolute atomic E-state index is 12.6. The molecule has 0 aliphatic carbocycles. The van der Waals surface area contributed by atoms with E-state index in [1.807, 2.05) is 31.2 Å². The fourth-order valence-electron chi connectivity index (χ4n) is 3.01. The highest BCUT2D eigenvalue weighted by molar-refractivity contribution is 5.97. The number of hydrogen-bond donors (Lipinski definition) is 1. The van der Waals surface area contributed by atoms with Crippen LogP contribution in [0.4, 0.5) is 10.5 Å². The van der Waals surface area contributed by atoms with Crippen molar-refractivity contribution >= 4 is 17.6 Å². The monoisotopic (exact) mass is 367 g/mol. The molecule has 2 aromatic carbocycles. The highest BCUT2D eigenvalue weighted by Crippen LogP contribution is 2.15. The predicted octanol–water partition coefficient (Wildman–Crippen LogP) is 3.13. The van der Waals surface area contributed by atoms with Crippen LogP contribution in [-0.4, -0.2) is 55.1 Å². The number of urea groups is 1. The summed E-state index contributed by atoms with van der Waals surface area (Å²) in [5.74, 6) is -0.0392. The number of ether oxygens (including phenoxy) is 1. The van der Waals surface area contributed by atoms with Gasteiger partial charge in [0.15, 0.2) is 0 Å². The Hall–Kier alpha value is -2.86. The van der Waals surface area contributed by atoms with E-state index >= 15 is 0 Å². The van der Waals surface area contributed by atoms with E-state index < -0.39 is 0 Å². The van der Waals surface area contributed by atoms with E-state index in [1.165, 1.54) is 0 Å². The molecule has 0 atom stereocenters. The summed E-state index contributed by atoms with van der Waals surface area (Å²) >= 11 is 0. The Kier molecular flexibility index (Phi) is 6.08. The molecule has 1 aliphatic heterocycles. The molecule has 2 aromatic rings. The molecule has 1 heterocycles. The van der Waals surface area contributed by atoms with Crippen LogP contribution in [0.2, 0.25) is 0 Å². The van der Waals surface area contributed by atoms with Gasteiger partial charge in [-0.25, -0.2) is 4.79 Å². The van der Waals surface area contributed by atoms with E-state index in [0.29, 0.717) is 44.1 Å². The van der Waals surface area contributed by atoms with Gasteiger partial charge in [0.1, 0.15) is 0 Å². The van der Waals surface area contributed by atoms with Crippen molar-refractivity contribution in [1.29, 1.82) is 0 Å². The van der Waals surface area contributed by atoms with Crippen LogP contribution in [0.3, 0.4) is 0 Å². The Balaban J connectivity index is 1.64. The number of morpholine rings is 1. The first-order valence-electron chi connectivity index (χ1n) is 9.08. The third kappa shape index (κ3) is 4.86. The normalized spacial score (nSPS) is 13.9. The van der Waals surface area contributed by atoms with Crippen molar-refractivity contribution in [3.05, 3.63) is 65.2 Å². The second-order valence-corrected chi connectivity index (χ2v) is 6.70. The summed E-state index contributed by atoms with van der Waals surface area (Å²) in [5, 5.41) is 2.87. The molecule has 6 nitrogen and oxygen atoms in total. The Bertz CT molecular complexity index is 816. The summed E-state index contributed by atoms with van der Waals surface area (Å²) in [6.45, 7) is 4.85. The molecule has 1 N–H and O–H groups in total. The van der Waals surface area contributed by atoms with Crippen molar-refractivity contribution in [2.24, 2.45) is 0 Å². The van der Waals surface area contributed by atoms with Crippen molar-refractivity contribution in [1.82, 2.24) is 9.80 Å². The van der Waals surface area contributed by atoms with Crippen molar-refractivity contribution in [2.75, 3.05) is 38.7 Å². The van der Waals surface area contributed by atoms with E-state index in [9.17, 15) is 9.59 Å². The van der Waals surface area contributed by atoms with Crippen LogP contribution in [0.25, 0.3) is 0 Å². The number of aryl methyl sites for hydroxylation is 1. The van der Waals surface area contributed by atoms with Gasteiger partial charge in [-0.15, -0.1) is 0 Å². The minimum absolute atomic E-state index is 0.0392. The van der Waals surface area contributed by atoms with E-state index in [4.69, 9.17) is 4.74 Å². The Morgan fingerprint density at radius 2 is 1.85 bits per heavy atom. The fourth-order valence-corrected chi connectivity index (χ4v) is 3.01. The molecule has 27 heavy (non-hydrogen) atoms. The summed E-state index contributed by atoms with van der Waals surface area (Å²) in [6, 6.07) is 14.8. The second-order valence-electron chi connectivity index (χ2n) is 6.70. The molecule has 0 bridgehead atoms. The summed E-state index contributed by atoms with van der Waals surface area (Å²) in [6.07, 6.45) is 0. The fraction of sp³-hybridized carbons (Fsp3) is 0.333. The second kappa shape index (κ2) is 8.68. The zero-order valence-corrected chi connectivity index (χ0v) is 15.8. The van der Waals surface area contributed by atoms with Crippen molar-refractivity contribution in [3.8, 4) is 0 Å². The van der Waals surface area contributed by atoms with Crippen LogP contribution in [0, 0.1) is 6.92 Å². The van der Waals surface area contributed by atoms with Gasteiger partial charge in [-0.1, -0.05) is 30.3 Å². The first-order chi connectivity index (χ1) is 13.0. The summed E-state index contributed by atoms with van der Waals surface area (Å²) in [5.41, 5.74) is 3.42. The topological polar surface area (TPSA) is 61.9 Å². The van der Waals surface area contributed by atoms with Gasteiger partial charge in [0, 0.05) is 37.9 Å². The molecule has 0 spiro atoms. The third-order valence-electron chi connectivity index (χ3n) is 4.67. The summed E-state index contributed by atoms with van der Waals surface area (Å²) in [7, 11) is 1.75. The molecule has 0 unspecified atom stereocenters.